The van der Waals surface area contributed by atoms with Gasteiger partial charge < -0.3 is 0 Å². The minimum atomic E-state index is -1.42. The predicted octanol–water partition coefficient (Wildman–Crippen LogP) is 4.18. The molecule has 1 atom stereocenters. The molecule has 0 bridgehead atoms. The lowest BCUT2D eigenvalue weighted by Gasteiger charge is -2.24. The number of hydrogen-bond donors (Lipinski definition) is 0. The van der Waals surface area contributed by atoms with E-state index in [4.69, 9.17) is 11.6 Å². The summed E-state index contributed by atoms with van der Waals surface area (Å²) in [5.74, 6) is -0.552. The van der Waals surface area contributed by atoms with E-state index in [0.29, 0.717) is 11.1 Å². The summed E-state index contributed by atoms with van der Waals surface area (Å²) in [4.78, 5) is 25.2. The maximum Gasteiger partial charge on any atom is 0.190 e. The molecule has 0 heterocycles. The SMILES string of the molecule is O=C1c2ccccc2C(=O)C1(Br)C(Cl)c1ccccc1. The van der Waals surface area contributed by atoms with Gasteiger partial charge in [0.15, 0.2) is 15.9 Å². The van der Waals surface area contributed by atoms with Crippen LogP contribution >= 0.6 is 27.5 Å². The summed E-state index contributed by atoms with van der Waals surface area (Å²) in [6, 6.07) is 16.0. The molecule has 2 aromatic rings. The lowest BCUT2D eigenvalue weighted by Crippen LogP contribution is -2.38. The van der Waals surface area contributed by atoms with Crippen LogP contribution in [0.3, 0.4) is 0 Å². The van der Waals surface area contributed by atoms with Gasteiger partial charge in [0.25, 0.3) is 0 Å². The first-order valence-electron chi connectivity index (χ1n) is 6.13. The van der Waals surface area contributed by atoms with E-state index in [1.807, 2.05) is 30.3 Å². The summed E-state index contributed by atoms with van der Waals surface area (Å²) in [6.07, 6.45) is 0. The number of ketones is 2. The van der Waals surface area contributed by atoms with E-state index < -0.39 is 9.70 Å². The molecule has 0 aromatic heterocycles. The van der Waals surface area contributed by atoms with Crippen LogP contribution in [0.1, 0.15) is 31.7 Å². The van der Waals surface area contributed by atoms with Crippen molar-refractivity contribution in [3.63, 3.8) is 0 Å². The second-order valence-electron chi connectivity index (χ2n) is 4.69. The number of alkyl halides is 2. The highest BCUT2D eigenvalue weighted by Gasteiger charge is 2.56. The highest BCUT2D eigenvalue weighted by Crippen LogP contribution is 2.48. The zero-order valence-corrected chi connectivity index (χ0v) is 12.7. The zero-order chi connectivity index (χ0) is 14.3. The Bertz CT molecular complexity index is 662. The van der Waals surface area contributed by atoms with Crippen LogP contribution in [0.2, 0.25) is 0 Å². The molecule has 1 unspecified atom stereocenters. The van der Waals surface area contributed by atoms with Gasteiger partial charge in [-0.3, -0.25) is 9.59 Å². The number of carbonyl (C=O) groups is 2. The maximum absolute atomic E-state index is 12.6. The molecule has 0 spiro atoms. The number of carbonyl (C=O) groups excluding carboxylic acids is 2. The average Bonchev–Trinajstić information content (AvgIpc) is 2.71. The number of rotatable bonds is 2. The van der Waals surface area contributed by atoms with Gasteiger partial charge in [-0.05, 0) is 5.56 Å². The Balaban J connectivity index is 2.11. The molecule has 0 saturated heterocycles. The molecule has 0 saturated carbocycles. The monoisotopic (exact) mass is 348 g/mol. The summed E-state index contributed by atoms with van der Waals surface area (Å²) in [7, 11) is 0. The first-order chi connectivity index (χ1) is 9.56. The molecule has 0 N–H and O–H groups in total. The number of fused-ring (bicyclic) bond motifs is 1. The van der Waals surface area contributed by atoms with Crippen molar-refractivity contribution in [2.45, 2.75) is 9.70 Å². The normalized spacial score (nSPS) is 17.9. The second-order valence-corrected chi connectivity index (χ2v) is 6.38. The van der Waals surface area contributed by atoms with Crippen LogP contribution in [-0.2, 0) is 0 Å². The molecule has 2 aromatic carbocycles. The Hall–Kier alpha value is -1.45. The maximum atomic E-state index is 12.6. The van der Waals surface area contributed by atoms with Gasteiger partial charge in [-0.25, -0.2) is 0 Å². The van der Waals surface area contributed by atoms with Crippen molar-refractivity contribution in [3.05, 3.63) is 71.3 Å². The van der Waals surface area contributed by atoms with Crippen LogP contribution in [0, 0.1) is 0 Å². The standard InChI is InChI=1S/C16H10BrClO2/c17-16(13(18)10-6-2-1-3-7-10)14(19)11-8-4-5-9-12(11)15(16)20/h1-9,13H. The molecule has 1 aliphatic carbocycles. The average molecular weight is 350 g/mol. The number of benzene rings is 2. The van der Waals surface area contributed by atoms with E-state index in [1.54, 1.807) is 24.3 Å². The third-order valence-electron chi connectivity index (χ3n) is 3.52. The van der Waals surface area contributed by atoms with E-state index >= 15 is 0 Å². The van der Waals surface area contributed by atoms with Crippen LogP contribution in [0.5, 0.6) is 0 Å². The van der Waals surface area contributed by atoms with Crippen LogP contribution in [0.25, 0.3) is 0 Å². The molecule has 4 heteroatoms. The second kappa shape index (κ2) is 4.83. The highest BCUT2D eigenvalue weighted by atomic mass is 79.9. The Morgan fingerprint density at radius 2 is 1.30 bits per heavy atom. The zero-order valence-electron chi connectivity index (χ0n) is 10.3. The van der Waals surface area contributed by atoms with Crippen LogP contribution in [-0.4, -0.2) is 15.9 Å². The van der Waals surface area contributed by atoms with Gasteiger partial charge in [-0.1, -0.05) is 70.5 Å². The van der Waals surface area contributed by atoms with Gasteiger partial charge in [0.05, 0.1) is 5.38 Å². The fourth-order valence-corrected chi connectivity index (χ4v) is 3.49. The highest BCUT2D eigenvalue weighted by molar-refractivity contribution is 9.10. The molecule has 3 rings (SSSR count). The number of Topliss-reactive ketones (excluding diaryl/α,β-unsaturated/α-hetero) is 2. The van der Waals surface area contributed by atoms with Gasteiger partial charge >= 0.3 is 0 Å². The van der Waals surface area contributed by atoms with E-state index in [9.17, 15) is 9.59 Å². The van der Waals surface area contributed by atoms with Crippen molar-refractivity contribution >= 4 is 39.1 Å². The summed E-state index contributed by atoms with van der Waals surface area (Å²) in [5, 5.41) is -0.754. The Labute approximate surface area is 129 Å². The van der Waals surface area contributed by atoms with Crippen LogP contribution in [0.4, 0.5) is 0 Å². The van der Waals surface area contributed by atoms with Gasteiger partial charge in [0.2, 0.25) is 0 Å². The first-order valence-corrected chi connectivity index (χ1v) is 7.36. The van der Waals surface area contributed by atoms with E-state index in [1.165, 1.54) is 0 Å². The van der Waals surface area contributed by atoms with Crippen molar-refractivity contribution in [2.75, 3.05) is 0 Å². The predicted molar refractivity (Wildman–Crippen MR) is 81.8 cm³/mol. The van der Waals surface area contributed by atoms with Gasteiger partial charge in [0, 0.05) is 11.1 Å². The quantitative estimate of drug-likeness (QED) is 0.602. The summed E-state index contributed by atoms with van der Waals surface area (Å²) in [5.41, 5.74) is 1.59. The fourth-order valence-electron chi connectivity index (χ4n) is 2.46. The van der Waals surface area contributed by atoms with E-state index in [-0.39, 0.29) is 11.6 Å². The van der Waals surface area contributed by atoms with Crippen LogP contribution in [0.15, 0.2) is 54.6 Å². The first kappa shape index (κ1) is 13.5. The minimum absolute atomic E-state index is 0.276. The van der Waals surface area contributed by atoms with Crippen molar-refractivity contribution in [3.8, 4) is 0 Å². The van der Waals surface area contributed by atoms with Crippen molar-refractivity contribution < 1.29 is 9.59 Å². The van der Waals surface area contributed by atoms with Gasteiger partial charge in [-0.2, -0.15) is 0 Å². The van der Waals surface area contributed by atoms with Crippen molar-refractivity contribution in [1.29, 1.82) is 0 Å². The Kier molecular flexibility index (Phi) is 3.27. The molecule has 20 heavy (non-hydrogen) atoms. The lowest BCUT2D eigenvalue weighted by molar-refractivity contribution is 0.0869. The summed E-state index contributed by atoms with van der Waals surface area (Å²) >= 11 is 9.77. The molecule has 0 aliphatic heterocycles. The van der Waals surface area contributed by atoms with E-state index in [2.05, 4.69) is 15.9 Å². The smallest absolute Gasteiger partial charge is 0.190 e. The molecule has 0 amide bonds. The number of halogens is 2. The Morgan fingerprint density at radius 3 is 1.80 bits per heavy atom. The molecule has 1 aliphatic rings. The molecular formula is C16H10BrClO2. The topological polar surface area (TPSA) is 34.1 Å². The third kappa shape index (κ3) is 1.77. The van der Waals surface area contributed by atoms with Crippen molar-refractivity contribution in [2.24, 2.45) is 0 Å². The molecular weight excluding hydrogens is 340 g/mol. The summed E-state index contributed by atoms with van der Waals surface area (Å²) in [6.45, 7) is 0. The molecule has 0 fully saturated rings. The third-order valence-corrected chi connectivity index (χ3v) is 5.54. The summed E-state index contributed by atoms with van der Waals surface area (Å²) < 4.78 is -1.42. The minimum Gasteiger partial charge on any atom is -0.292 e. The Morgan fingerprint density at radius 1 is 0.850 bits per heavy atom. The van der Waals surface area contributed by atoms with Crippen molar-refractivity contribution in [1.82, 2.24) is 0 Å². The largest absolute Gasteiger partial charge is 0.292 e. The van der Waals surface area contributed by atoms with Crippen LogP contribution < -0.4 is 0 Å². The molecule has 100 valence electrons. The molecule has 0 radical (unpaired) electrons. The molecule has 2 nitrogen and oxygen atoms in total. The van der Waals surface area contributed by atoms with Gasteiger partial charge in [0.1, 0.15) is 0 Å². The van der Waals surface area contributed by atoms with E-state index in [0.717, 1.165) is 5.56 Å². The lowest BCUT2D eigenvalue weighted by atomic mass is 9.94. The number of hydrogen-bond acceptors (Lipinski definition) is 2. The fraction of sp³-hybridized carbons (Fsp3) is 0.125. The van der Waals surface area contributed by atoms with Gasteiger partial charge in [-0.15, -0.1) is 11.6 Å².